The van der Waals surface area contributed by atoms with Gasteiger partial charge < -0.3 is 5.73 Å². The minimum absolute atomic E-state index is 0.549. The van der Waals surface area contributed by atoms with E-state index in [0.29, 0.717) is 5.69 Å². The van der Waals surface area contributed by atoms with Crippen LogP contribution in [-0.4, -0.2) is 12.7 Å². The van der Waals surface area contributed by atoms with Gasteiger partial charge in [0.2, 0.25) is 0 Å². The Labute approximate surface area is 70.3 Å². The van der Waals surface area contributed by atoms with Gasteiger partial charge in [-0.1, -0.05) is 18.2 Å². The number of amides is 2. The van der Waals surface area contributed by atoms with Gasteiger partial charge in [-0.05, 0) is 12.1 Å². The molecule has 0 aliphatic rings. The van der Waals surface area contributed by atoms with Crippen LogP contribution in [0, 0.1) is 0 Å². The zero-order chi connectivity index (χ0) is 8.97. The Balaban J connectivity index is 2.95. The first-order chi connectivity index (χ1) is 5.75. The molecular weight excluding hydrogens is 154 g/mol. The second-order valence-electron chi connectivity index (χ2n) is 2.10. The topological polar surface area (TPSA) is 58.7 Å². The third kappa shape index (κ3) is 1.60. The van der Waals surface area contributed by atoms with E-state index in [4.69, 9.17) is 12.5 Å². The van der Waals surface area contributed by atoms with Gasteiger partial charge in [0.25, 0.3) is 0 Å². The summed E-state index contributed by atoms with van der Waals surface area (Å²) in [4.78, 5) is 10.7. The van der Waals surface area contributed by atoms with Crippen molar-refractivity contribution in [2.75, 3.05) is 5.01 Å². The first-order valence-electron chi connectivity index (χ1n) is 3.31. The number of hydrogen-bond acceptors (Lipinski definition) is 2. The lowest BCUT2D eigenvalue weighted by atomic mass is 10.3. The third-order valence-electron chi connectivity index (χ3n) is 1.32. The Bertz CT molecular complexity index is 284. The molecule has 1 aromatic carbocycles. The predicted octanol–water partition coefficient (Wildman–Crippen LogP) is 1.06. The van der Waals surface area contributed by atoms with Gasteiger partial charge in [0.15, 0.2) is 0 Å². The Morgan fingerprint density at radius 1 is 1.42 bits per heavy atom. The van der Waals surface area contributed by atoms with E-state index >= 15 is 0 Å². The van der Waals surface area contributed by atoms with Crippen molar-refractivity contribution in [3.8, 4) is 0 Å². The minimum atomic E-state index is -0.705. The highest BCUT2D eigenvalue weighted by Gasteiger charge is 2.07. The zero-order valence-electron chi connectivity index (χ0n) is 6.34. The number of rotatable bonds is 2. The van der Waals surface area contributed by atoms with Gasteiger partial charge in [0.05, 0.1) is 12.4 Å². The summed E-state index contributed by atoms with van der Waals surface area (Å²) >= 11 is 0. The molecular formula is C8H8N3O. The Morgan fingerprint density at radius 3 is 2.42 bits per heavy atom. The highest BCUT2D eigenvalue weighted by atomic mass is 16.2. The van der Waals surface area contributed by atoms with E-state index in [2.05, 4.69) is 5.10 Å². The molecule has 0 aliphatic carbocycles. The molecule has 4 heteroatoms. The van der Waals surface area contributed by atoms with Crippen LogP contribution in [0.1, 0.15) is 0 Å². The monoisotopic (exact) mass is 162 g/mol. The number of primary amides is 1. The van der Waals surface area contributed by atoms with Crippen molar-refractivity contribution < 1.29 is 4.79 Å². The molecule has 0 atom stereocenters. The standard InChI is InChI=1S/C8H8N3O/c1-10-11(8(9)12)7-5-3-2-4-6-7/h1-6H,(H2,9,12). The molecule has 61 valence electrons. The van der Waals surface area contributed by atoms with Crippen molar-refractivity contribution >= 4 is 18.4 Å². The van der Waals surface area contributed by atoms with Crippen LogP contribution in [0.5, 0.6) is 0 Å². The van der Waals surface area contributed by atoms with Gasteiger partial charge in [-0.15, -0.1) is 0 Å². The fraction of sp³-hybridized carbons (Fsp3) is 0. The predicted molar refractivity (Wildman–Crippen MR) is 47.0 cm³/mol. The summed E-state index contributed by atoms with van der Waals surface area (Å²) < 4.78 is 0. The van der Waals surface area contributed by atoms with Crippen LogP contribution in [0.25, 0.3) is 0 Å². The largest absolute Gasteiger partial charge is 0.350 e. The average Bonchev–Trinajstić information content (AvgIpc) is 2.07. The highest BCUT2D eigenvalue weighted by Crippen LogP contribution is 2.12. The van der Waals surface area contributed by atoms with Crippen molar-refractivity contribution in [1.29, 1.82) is 0 Å². The summed E-state index contributed by atoms with van der Waals surface area (Å²) in [5.41, 5.74) is 5.54. The number of carbonyl (C=O) groups excluding carboxylic acids is 1. The first-order valence-corrected chi connectivity index (χ1v) is 3.31. The van der Waals surface area contributed by atoms with Gasteiger partial charge in [0.1, 0.15) is 0 Å². The molecule has 1 rings (SSSR count). The second kappa shape index (κ2) is 3.52. The van der Waals surface area contributed by atoms with Crippen LogP contribution in [0.2, 0.25) is 0 Å². The quantitative estimate of drug-likeness (QED) is 0.513. The summed E-state index contributed by atoms with van der Waals surface area (Å²) in [5.74, 6) is 0. The molecule has 1 aromatic rings. The Morgan fingerprint density at radius 2 is 2.00 bits per heavy atom. The van der Waals surface area contributed by atoms with E-state index in [1.54, 1.807) is 24.3 Å². The third-order valence-corrected chi connectivity index (χ3v) is 1.32. The first kappa shape index (κ1) is 8.26. The molecule has 0 bridgehead atoms. The minimum Gasteiger partial charge on any atom is -0.350 e. The number of para-hydroxylation sites is 1. The van der Waals surface area contributed by atoms with Crippen LogP contribution >= 0.6 is 0 Å². The number of hydrogen-bond donors (Lipinski definition) is 1. The van der Waals surface area contributed by atoms with Gasteiger partial charge in [-0.25, -0.2) is 4.79 Å². The lowest BCUT2D eigenvalue weighted by Gasteiger charge is -2.12. The number of urea groups is 1. The van der Waals surface area contributed by atoms with Crippen LogP contribution < -0.4 is 10.7 Å². The Hall–Kier alpha value is -1.84. The summed E-state index contributed by atoms with van der Waals surface area (Å²) in [7, 11) is 0. The molecule has 0 unspecified atom stereocenters. The fourth-order valence-corrected chi connectivity index (χ4v) is 0.820. The smallest absolute Gasteiger partial charge is 0.340 e. The zero-order valence-corrected chi connectivity index (χ0v) is 6.34. The summed E-state index contributed by atoms with van der Waals surface area (Å²) in [6.45, 7) is 4.96. The number of nitrogens with two attached hydrogens (primary N) is 1. The molecule has 2 amide bonds. The molecule has 4 nitrogen and oxygen atoms in total. The summed E-state index contributed by atoms with van der Waals surface area (Å²) in [6, 6.07) is 8.00. The highest BCUT2D eigenvalue weighted by molar-refractivity contribution is 5.90. The van der Waals surface area contributed by atoms with Gasteiger partial charge in [-0.2, -0.15) is 10.1 Å². The van der Waals surface area contributed by atoms with Crippen LogP contribution in [0.15, 0.2) is 35.4 Å². The SMILES string of the molecule is [CH]=NN(C(N)=O)c1ccccc1. The summed E-state index contributed by atoms with van der Waals surface area (Å²) in [6.07, 6.45) is 0. The van der Waals surface area contributed by atoms with Crippen molar-refractivity contribution in [2.24, 2.45) is 10.8 Å². The lowest BCUT2D eigenvalue weighted by molar-refractivity contribution is 0.254. The van der Waals surface area contributed by atoms with Crippen molar-refractivity contribution in [3.63, 3.8) is 0 Å². The molecule has 0 fully saturated rings. The van der Waals surface area contributed by atoms with Crippen molar-refractivity contribution in [2.45, 2.75) is 0 Å². The number of anilines is 1. The van der Waals surface area contributed by atoms with Crippen molar-refractivity contribution in [1.82, 2.24) is 0 Å². The van der Waals surface area contributed by atoms with Crippen LogP contribution in [0.3, 0.4) is 0 Å². The molecule has 0 aliphatic heterocycles. The number of carbonyl (C=O) groups is 1. The molecule has 1 radical (unpaired) electrons. The molecule has 2 N–H and O–H groups in total. The number of nitrogens with zero attached hydrogens (tertiary/aromatic N) is 2. The molecule has 0 heterocycles. The maximum absolute atomic E-state index is 10.7. The van der Waals surface area contributed by atoms with Gasteiger partial charge in [0, 0.05) is 0 Å². The van der Waals surface area contributed by atoms with E-state index in [0.717, 1.165) is 5.01 Å². The Kier molecular flexibility index (Phi) is 2.42. The summed E-state index contributed by atoms with van der Waals surface area (Å²) in [5, 5.41) is 4.13. The number of benzene rings is 1. The van der Waals surface area contributed by atoms with E-state index < -0.39 is 6.03 Å². The maximum atomic E-state index is 10.7. The molecule has 0 aromatic heterocycles. The van der Waals surface area contributed by atoms with Gasteiger partial charge >= 0.3 is 6.03 Å². The van der Waals surface area contributed by atoms with E-state index in [9.17, 15) is 4.79 Å². The lowest BCUT2D eigenvalue weighted by Crippen LogP contribution is -2.30. The molecule has 0 saturated carbocycles. The van der Waals surface area contributed by atoms with Gasteiger partial charge in [-0.3, -0.25) is 0 Å². The van der Waals surface area contributed by atoms with Crippen LogP contribution in [-0.2, 0) is 0 Å². The second-order valence-corrected chi connectivity index (χ2v) is 2.10. The maximum Gasteiger partial charge on any atom is 0.340 e. The normalized spacial score (nSPS) is 9.00. The molecule has 0 saturated heterocycles. The fourth-order valence-electron chi connectivity index (χ4n) is 0.820. The van der Waals surface area contributed by atoms with Crippen molar-refractivity contribution in [3.05, 3.63) is 30.3 Å². The average molecular weight is 162 g/mol. The number of hydrazone groups is 1. The van der Waals surface area contributed by atoms with E-state index in [1.807, 2.05) is 6.07 Å². The van der Waals surface area contributed by atoms with Crippen LogP contribution in [0.4, 0.5) is 10.5 Å². The van der Waals surface area contributed by atoms with E-state index in [1.165, 1.54) is 0 Å². The molecule has 0 spiro atoms. The van der Waals surface area contributed by atoms with E-state index in [-0.39, 0.29) is 0 Å². The molecule has 12 heavy (non-hydrogen) atoms.